The average Bonchev–Trinajstić information content (AvgIpc) is 2.28. The Bertz CT molecular complexity index is 353. The van der Waals surface area contributed by atoms with Crippen LogP contribution in [0.25, 0.3) is 0 Å². The van der Waals surface area contributed by atoms with Gasteiger partial charge >= 0.3 is 0 Å². The summed E-state index contributed by atoms with van der Waals surface area (Å²) in [6, 6.07) is 7.50. The van der Waals surface area contributed by atoms with E-state index in [1.165, 1.54) is 0 Å². The molecule has 1 rings (SSSR count). The fourth-order valence-electron chi connectivity index (χ4n) is 1.32. The number of carbonyl (C=O) groups excluding carboxylic acids is 1. The number of hydrogen-bond donors (Lipinski definition) is 2. The molecule has 4 heteroatoms. The van der Waals surface area contributed by atoms with Gasteiger partial charge < -0.3 is 10.4 Å². The van der Waals surface area contributed by atoms with Crippen LogP contribution in [0, 0.1) is 0 Å². The molecule has 88 valence electrons. The maximum atomic E-state index is 11.8. The van der Waals surface area contributed by atoms with Gasteiger partial charge in [-0.2, -0.15) is 0 Å². The maximum absolute atomic E-state index is 11.8. The molecule has 0 aliphatic rings. The number of hydrogen-bond acceptors (Lipinski definition) is 3. The number of benzene rings is 1. The van der Waals surface area contributed by atoms with Gasteiger partial charge in [-0.15, -0.1) is 11.8 Å². The van der Waals surface area contributed by atoms with Crippen LogP contribution < -0.4 is 5.32 Å². The third kappa shape index (κ3) is 3.87. The largest absolute Gasteiger partial charge is 0.393 e. The Balaban J connectivity index is 2.59. The van der Waals surface area contributed by atoms with E-state index in [9.17, 15) is 4.79 Å². The average molecular weight is 239 g/mol. The summed E-state index contributed by atoms with van der Waals surface area (Å²) in [5.41, 5.74) is 0.695. The SMILES string of the molecule is CSc1ccccc1C(=O)NCCC(C)O. The Morgan fingerprint density at radius 1 is 1.50 bits per heavy atom. The fraction of sp³-hybridized carbons (Fsp3) is 0.417. The number of aliphatic hydroxyl groups is 1. The van der Waals surface area contributed by atoms with Crippen LogP contribution in [0.4, 0.5) is 0 Å². The molecule has 1 aromatic carbocycles. The van der Waals surface area contributed by atoms with Crippen molar-refractivity contribution in [2.45, 2.75) is 24.3 Å². The van der Waals surface area contributed by atoms with Crippen LogP contribution in [-0.4, -0.2) is 29.9 Å². The van der Waals surface area contributed by atoms with E-state index in [0.29, 0.717) is 18.5 Å². The van der Waals surface area contributed by atoms with Gasteiger partial charge in [0.1, 0.15) is 0 Å². The summed E-state index contributed by atoms with van der Waals surface area (Å²) in [7, 11) is 0. The van der Waals surface area contributed by atoms with Gasteiger partial charge in [-0.3, -0.25) is 4.79 Å². The van der Waals surface area contributed by atoms with Crippen LogP contribution in [0.1, 0.15) is 23.7 Å². The van der Waals surface area contributed by atoms with Gasteiger partial charge in [-0.1, -0.05) is 12.1 Å². The molecule has 2 N–H and O–H groups in total. The molecule has 1 unspecified atom stereocenters. The molecule has 0 saturated carbocycles. The zero-order valence-corrected chi connectivity index (χ0v) is 10.4. The van der Waals surface area contributed by atoms with Crippen molar-refractivity contribution in [3.63, 3.8) is 0 Å². The molecule has 1 aromatic rings. The molecule has 0 spiro atoms. The van der Waals surface area contributed by atoms with Crippen LogP contribution in [-0.2, 0) is 0 Å². The smallest absolute Gasteiger partial charge is 0.252 e. The van der Waals surface area contributed by atoms with Crippen molar-refractivity contribution in [1.29, 1.82) is 0 Å². The first kappa shape index (κ1) is 13.1. The third-order valence-corrected chi connectivity index (χ3v) is 3.00. The number of amides is 1. The van der Waals surface area contributed by atoms with Gasteiger partial charge in [0.05, 0.1) is 11.7 Å². The van der Waals surface area contributed by atoms with Crippen LogP contribution in [0.5, 0.6) is 0 Å². The quantitative estimate of drug-likeness (QED) is 0.772. The van der Waals surface area contributed by atoms with E-state index >= 15 is 0 Å². The van der Waals surface area contributed by atoms with Gasteiger partial charge in [0.15, 0.2) is 0 Å². The summed E-state index contributed by atoms with van der Waals surface area (Å²) in [5, 5.41) is 11.9. The van der Waals surface area contributed by atoms with Gasteiger partial charge in [0.25, 0.3) is 5.91 Å². The van der Waals surface area contributed by atoms with Crippen molar-refractivity contribution < 1.29 is 9.90 Å². The van der Waals surface area contributed by atoms with E-state index in [0.717, 1.165) is 4.90 Å². The Morgan fingerprint density at radius 3 is 2.81 bits per heavy atom. The second-order valence-corrected chi connectivity index (χ2v) is 4.44. The molecule has 0 aliphatic heterocycles. The first-order valence-corrected chi connectivity index (χ1v) is 6.47. The summed E-state index contributed by atoms with van der Waals surface area (Å²) in [6.45, 7) is 2.21. The van der Waals surface area contributed by atoms with Gasteiger partial charge in [0, 0.05) is 11.4 Å². The van der Waals surface area contributed by atoms with Crippen LogP contribution in [0.3, 0.4) is 0 Å². The Kier molecular flexibility index (Phi) is 5.35. The van der Waals surface area contributed by atoms with Crippen molar-refractivity contribution in [3.05, 3.63) is 29.8 Å². The van der Waals surface area contributed by atoms with Crippen molar-refractivity contribution >= 4 is 17.7 Å². The highest BCUT2D eigenvalue weighted by Crippen LogP contribution is 2.19. The molecule has 0 bridgehead atoms. The zero-order valence-electron chi connectivity index (χ0n) is 9.56. The molecule has 0 aromatic heterocycles. The molecule has 1 amide bonds. The van der Waals surface area contributed by atoms with Crippen molar-refractivity contribution in [2.24, 2.45) is 0 Å². The molecule has 0 saturated heterocycles. The molecule has 0 aliphatic carbocycles. The predicted octanol–water partition coefficient (Wildman–Crippen LogP) is 1.91. The van der Waals surface area contributed by atoms with Crippen LogP contribution in [0.15, 0.2) is 29.2 Å². The summed E-state index contributed by atoms with van der Waals surface area (Å²) >= 11 is 1.55. The molecule has 3 nitrogen and oxygen atoms in total. The van der Waals surface area contributed by atoms with Gasteiger partial charge in [0.2, 0.25) is 0 Å². The van der Waals surface area contributed by atoms with Crippen LogP contribution >= 0.6 is 11.8 Å². The monoisotopic (exact) mass is 239 g/mol. The third-order valence-electron chi connectivity index (χ3n) is 2.20. The fourth-order valence-corrected chi connectivity index (χ4v) is 1.92. The normalized spacial score (nSPS) is 12.2. The number of carbonyl (C=O) groups is 1. The lowest BCUT2D eigenvalue weighted by Crippen LogP contribution is -2.26. The highest BCUT2D eigenvalue weighted by molar-refractivity contribution is 7.98. The maximum Gasteiger partial charge on any atom is 0.252 e. The number of aliphatic hydroxyl groups excluding tert-OH is 1. The standard InChI is InChI=1S/C12H17NO2S/c1-9(14)7-8-13-12(15)10-5-3-4-6-11(10)16-2/h3-6,9,14H,7-8H2,1-2H3,(H,13,15). The summed E-state index contributed by atoms with van der Waals surface area (Å²) in [5.74, 6) is -0.0781. The lowest BCUT2D eigenvalue weighted by molar-refractivity contribution is 0.0942. The van der Waals surface area contributed by atoms with E-state index in [2.05, 4.69) is 5.32 Å². The molecular formula is C12H17NO2S. The van der Waals surface area contributed by atoms with Gasteiger partial charge in [-0.25, -0.2) is 0 Å². The van der Waals surface area contributed by atoms with E-state index < -0.39 is 0 Å². The highest BCUT2D eigenvalue weighted by atomic mass is 32.2. The summed E-state index contributed by atoms with van der Waals surface area (Å²) in [4.78, 5) is 12.8. The minimum absolute atomic E-state index is 0.0781. The van der Waals surface area contributed by atoms with E-state index in [1.807, 2.05) is 30.5 Å². The summed E-state index contributed by atoms with van der Waals surface area (Å²) < 4.78 is 0. The van der Waals surface area contributed by atoms with Crippen molar-refractivity contribution in [1.82, 2.24) is 5.32 Å². The van der Waals surface area contributed by atoms with E-state index in [1.54, 1.807) is 18.7 Å². The Hall–Kier alpha value is -1.00. The molecule has 0 radical (unpaired) electrons. The minimum Gasteiger partial charge on any atom is -0.393 e. The minimum atomic E-state index is -0.379. The first-order valence-electron chi connectivity index (χ1n) is 5.24. The Labute approximate surface area is 100 Å². The van der Waals surface area contributed by atoms with Crippen molar-refractivity contribution in [2.75, 3.05) is 12.8 Å². The van der Waals surface area contributed by atoms with E-state index in [-0.39, 0.29) is 12.0 Å². The second-order valence-electron chi connectivity index (χ2n) is 3.59. The van der Waals surface area contributed by atoms with E-state index in [4.69, 9.17) is 5.11 Å². The highest BCUT2D eigenvalue weighted by Gasteiger charge is 2.09. The molecular weight excluding hydrogens is 222 g/mol. The molecule has 0 fully saturated rings. The molecule has 1 atom stereocenters. The van der Waals surface area contributed by atoms with Crippen molar-refractivity contribution in [3.8, 4) is 0 Å². The molecule has 0 heterocycles. The Morgan fingerprint density at radius 2 is 2.19 bits per heavy atom. The summed E-state index contributed by atoms with van der Waals surface area (Å²) in [6.07, 6.45) is 2.14. The number of rotatable bonds is 5. The molecule has 16 heavy (non-hydrogen) atoms. The van der Waals surface area contributed by atoms with Crippen LogP contribution in [0.2, 0.25) is 0 Å². The number of nitrogens with one attached hydrogen (secondary N) is 1. The lowest BCUT2D eigenvalue weighted by Gasteiger charge is -2.09. The zero-order chi connectivity index (χ0) is 12.0. The first-order chi connectivity index (χ1) is 7.65. The predicted molar refractivity (Wildman–Crippen MR) is 66.9 cm³/mol. The van der Waals surface area contributed by atoms with Gasteiger partial charge in [-0.05, 0) is 31.7 Å². The number of thioether (sulfide) groups is 1. The second kappa shape index (κ2) is 6.55. The lowest BCUT2D eigenvalue weighted by atomic mass is 10.2. The topological polar surface area (TPSA) is 49.3 Å².